The second-order valence-electron chi connectivity index (χ2n) is 7.36. The van der Waals surface area contributed by atoms with Gasteiger partial charge in [-0.3, -0.25) is 4.79 Å². The normalized spacial score (nSPS) is 18.2. The van der Waals surface area contributed by atoms with Crippen LogP contribution in [0.1, 0.15) is 25.8 Å². The summed E-state index contributed by atoms with van der Waals surface area (Å²) in [6, 6.07) is 9.94. The molecule has 1 aliphatic carbocycles. The Kier molecular flexibility index (Phi) is 6.19. The third kappa shape index (κ3) is 4.81. The molecular weight excluding hydrogens is 363 g/mol. The van der Waals surface area contributed by atoms with Crippen molar-refractivity contribution in [3.8, 4) is 22.6 Å². The van der Waals surface area contributed by atoms with E-state index in [1.165, 1.54) is 6.07 Å². The van der Waals surface area contributed by atoms with E-state index in [1.54, 1.807) is 30.3 Å². The summed E-state index contributed by atoms with van der Waals surface area (Å²) in [5.74, 6) is -0.298. The van der Waals surface area contributed by atoms with E-state index in [9.17, 15) is 14.3 Å². The van der Waals surface area contributed by atoms with E-state index in [2.05, 4.69) is 0 Å². The minimum Gasteiger partial charge on any atom is -0.493 e. The summed E-state index contributed by atoms with van der Waals surface area (Å²) in [6.07, 6.45) is 0.965. The maximum Gasteiger partial charge on any atom is 0.306 e. The zero-order chi connectivity index (χ0) is 20.3. The standard InChI is InChI=1S/C22H25FO5/c1-13(2)28-17-4-5-20(23)18(11-17)14-3-6-21(15(9-14)7-8-24)27-12-16-10-19(16)22(25)26/h3-6,9,11,13,16,19,24H,7-8,10,12H2,1-2H3,(H,25,26). The SMILES string of the molecule is CC(C)Oc1ccc(F)c(-c2ccc(OCC3CC3C(=O)O)c(CCO)c2)c1. The molecule has 28 heavy (non-hydrogen) atoms. The number of ether oxygens (including phenoxy) is 2. The first-order valence-corrected chi connectivity index (χ1v) is 9.45. The molecule has 1 fully saturated rings. The fourth-order valence-electron chi connectivity index (χ4n) is 3.21. The van der Waals surface area contributed by atoms with E-state index in [0.717, 1.165) is 5.56 Å². The van der Waals surface area contributed by atoms with E-state index in [1.807, 2.05) is 13.8 Å². The topological polar surface area (TPSA) is 76.0 Å². The minimum atomic E-state index is -0.793. The summed E-state index contributed by atoms with van der Waals surface area (Å²) in [5.41, 5.74) is 1.83. The van der Waals surface area contributed by atoms with E-state index in [4.69, 9.17) is 14.6 Å². The number of aliphatic hydroxyl groups excluding tert-OH is 1. The monoisotopic (exact) mass is 388 g/mol. The van der Waals surface area contributed by atoms with Gasteiger partial charge >= 0.3 is 5.97 Å². The van der Waals surface area contributed by atoms with Gasteiger partial charge in [0.15, 0.2) is 0 Å². The molecule has 2 aromatic carbocycles. The van der Waals surface area contributed by atoms with Crippen molar-refractivity contribution in [2.45, 2.75) is 32.8 Å². The molecule has 3 rings (SSSR count). The third-order valence-corrected chi connectivity index (χ3v) is 4.75. The molecule has 2 aromatic rings. The first kappa shape index (κ1) is 20.1. The quantitative estimate of drug-likeness (QED) is 0.681. The smallest absolute Gasteiger partial charge is 0.306 e. The van der Waals surface area contributed by atoms with Gasteiger partial charge in [0.25, 0.3) is 0 Å². The van der Waals surface area contributed by atoms with Crippen LogP contribution in [0.15, 0.2) is 36.4 Å². The number of carbonyl (C=O) groups is 1. The summed E-state index contributed by atoms with van der Waals surface area (Å²) in [7, 11) is 0. The van der Waals surface area contributed by atoms with Gasteiger partial charge in [0.2, 0.25) is 0 Å². The Bertz CT molecular complexity index is 849. The fraction of sp³-hybridized carbons (Fsp3) is 0.409. The fourth-order valence-corrected chi connectivity index (χ4v) is 3.21. The molecule has 0 heterocycles. The molecule has 0 spiro atoms. The summed E-state index contributed by atoms with van der Waals surface area (Å²) < 4.78 is 25.9. The second kappa shape index (κ2) is 8.61. The molecule has 0 aliphatic heterocycles. The van der Waals surface area contributed by atoms with Crippen molar-refractivity contribution in [3.63, 3.8) is 0 Å². The van der Waals surface area contributed by atoms with Crippen LogP contribution < -0.4 is 9.47 Å². The lowest BCUT2D eigenvalue weighted by molar-refractivity contribution is -0.138. The molecule has 0 amide bonds. The highest BCUT2D eigenvalue weighted by Gasteiger charge is 2.43. The van der Waals surface area contributed by atoms with Crippen LogP contribution in [0.5, 0.6) is 11.5 Å². The molecule has 2 N–H and O–H groups in total. The molecular formula is C22H25FO5. The van der Waals surface area contributed by atoms with Crippen LogP contribution in [0, 0.1) is 17.7 Å². The first-order chi connectivity index (χ1) is 13.4. The summed E-state index contributed by atoms with van der Waals surface area (Å²) in [5, 5.41) is 18.4. The molecule has 2 unspecified atom stereocenters. The lowest BCUT2D eigenvalue weighted by Crippen LogP contribution is -2.08. The van der Waals surface area contributed by atoms with Gasteiger partial charge < -0.3 is 19.7 Å². The van der Waals surface area contributed by atoms with Crippen molar-refractivity contribution >= 4 is 5.97 Å². The third-order valence-electron chi connectivity index (χ3n) is 4.75. The Labute approximate surface area is 163 Å². The maximum atomic E-state index is 14.4. The molecule has 0 aromatic heterocycles. The van der Waals surface area contributed by atoms with Gasteiger partial charge in [-0.25, -0.2) is 4.39 Å². The van der Waals surface area contributed by atoms with Gasteiger partial charge in [-0.15, -0.1) is 0 Å². The van der Waals surface area contributed by atoms with Gasteiger partial charge in [-0.2, -0.15) is 0 Å². The molecule has 1 saturated carbocycles. The number of rotatable bonds is 9. The number of aliphatic carboxylic acids is 1. The second-order valence-corrected chi connectivity index (χ2v) is 7.36. The highest BCUT2D eigenvalue weighted by atomic mass is 19.1. The largest absolute Gasteiger partial charge is 0.493 e. The van der Waals surface area contributed by atoms with Gasteiger partial charge in [0.1, 0.15) is 17.3 Å². The Hall–Kier alpha value is -2.60. The molecule has 0 saturated heterocycles. The van der Waals surface area contributed by atoms with Crippen LogP contribution >= 0.6 is 0 Å². The van der Waals surface area contributed by atoms with Gasteiger partial charge in [0.05, 0.1) is 18.6 Å². The number of carboxylic acids is 1. The molecule has 0 bridgehead atoms. The molecule has 0 radical (unpaired) electrons. The van der Waals surface area contributed by atoms with Crippen molar-refractivity contribution in [2.24, 2.45) is 11.8 Å². The van der Waals surface area contributed by atoms with Crippen LogP contribution in [0.25, 0.3) is 11.1 Å². The van der Waals surface area contributed by atoms with E-state index < -0.39 is 5.97 Å². The van der Waals surface area contributed by atoms with E-state index >= 15 is 0 Å². The average Bonchev–Trinajstić information content (AvgIpc) is 3.42. The van der Waals surface area contributed by atoms with E-state index in [-0.39, 0.29) is 30.4 Å². The number of hydrogen-bond donors (Lipinski definition) is 2. The van der Waals surface area contributed by atoms with Crippen LogP contribution in [-0.4, -0.2) is 35.5 Å². The number of aliphatic hydroxyl groups is 1. The van der Waals surface area contributed by atoms with Gasteiger partial charge in [-0.1, -0.05) is 6.07 Å². The minimum absolute atomic E-state index is 0.0152. The Morgan fingerprint density at radius 3 is 2.68 bits per heavy atom. The lowest BCUT2D eigenvalue weighted by Gasteiger charge is -2.15. The highest BCUT2D eigenvalue weighted by Crippen LogP contribution is 2.39. The van der Waals surface area contributed by atoms with Gasteiger partial charge in [-0.05, 0) is 68.1 Å². The average molecular weight is 388 g/mol. The van der Waals surface area contributed by atoms with Gasteiger partial charge in [0, 0.05) is 18.1 Å². The molecule has 6 heteroatoms. The predicted molar refractivity (Wildman–Crippen MR) is 103 cm³/mol. The van der Waals surface area contributed by atoms with E-state index in [0.29, 0.717) is 42.1 Å². The number of benzene rings is 2. The summed E-state index contributed by atoms with van der Waals surface area (Å²) >= 11 is 0. The molecule has 2 atom stereocenters. The Morgan fingerprint density at radius 2 is 2.04 bits per heavy atom. The van der Waals surface area contributed by atoms with Crippen LogP contribution in [0.2, 0.25) is 0 Å². The number of carboxylic acid groups (broad SMARTS) is 1. The molecule has 1 aliphatic rings. The maximum absolute atomic E-state index is 14.4. The highest BCUT2D eigenvalue weighted by molar-refractivity contribution is 5.73. The summed E-state index contributed by atoms with van der Waals surface area (Å²) in [6.45, 7) is 4.06. The Morgan fingerprint density at radius 1 is 1.25 bits per heavy atom. The van der Waals surface area contributed by atoms with Crippen molar-refractivity contribution in [3.05, 3.63) is 47.8 Å². The van der Waals surface area contributed by atoms with Crippen molar-refractivity contribution in [1.82, 2.24) is 0 Å². The van der Waals surface area contributed by atoms with Crippen molar-refractivity contribution < 1.29 is 28.9 Å². The number of hydrogen-bond acceptors (Lipinski definition) is 4. The Balaban J connectivity index is 1.81. The zero-order valence-electron chi connectivity index (χ0n) is 16.0. The lowest BCUT2D eigenvalue weighted by atomic mass is 10.00. The number of halogens is 1. The van der Waals surface area contributed by atoms with Crippen molar-refractivity contribution in [1.29, 1.82) is 0 Å². The first-order valence-electron chi connectivity index (χ1n) is 9.45. The van der Waals surface area contributed by atoms with Crippen LogP contribution in [0.4, 0.5) is 4.39 Å². The predicted octanol–water partition coefficient (Wildman–Crippen LogP) is 3.91. The summed E-state index contributed by atoms with van der Waals surface area (Å²) in [4.78, 5) is 10.9. The van der Waals surface area contributed by atoms with Crippen molar-refractivity contribution in [2.75, 3.05) is 13.2 Å². The molecule has 5 nitrogen and oxygen atoms in total. The van der Waals surface area contributed by atoms with Crippen LogP contribution in [-0.2, 0) is 11.2 Å². The zero-order valence-corrected chi connectivity index (χ0v) is 16.0. The molecule has 150 valence electrons. The van der Waals surface area contributed by atoms with Crippen LogP contribution in [0.3, 0.4) is 0 Å².